The number of nitrogens with one attached hydrogen (secondary N) is 1. The lowest BCUT2D eigenvalue weighted by Crippen LogP contribution is -2.52. The molecule has 3 nitrogen and oxygen atoms in total. The number of rotatable bonds is 2. The van der Waals surface area contributed by atoms with Crippen LogP contribution in [-0.2, 0) is 12.8 Å². The molecule has 0 spiro atoms. The Balaban J connectivity index is 1.83. The fourth-order valence-electron chi connectivity index (χ4n) is 3.85. The maximum Gasteiger partial charge on any atom is 0.255 e. The van der Waals surface area contributed by atoms with Crippen LogP contribution >= 0.6 is 0 Å². The smallest absolute Gasteiger partial charge is 0.255 e. The molecule has 0 saturated heterocycles. The van der Waals surface area contributed by atoms with Gasteiger partial charge in [0.15, 0.2) is 0 Å². The van der Waals surface area contributed by atoms with Crippen molar-refractivity contribution in [1.82, 2.24) is 5.32 Å². The number of hydrogen-bond acceptors (Lipinski definition) is 2. The van der Waals surface area contributed by atoms with Crippen molar-refractivity contribution in [2.75, 3.05) is 0 Å². The van der Waals surface area contributed by atoms with Crippen LogP contribution in [-0.4, -0.2) is 16.6 Å². The molecule has 2 aliphatic carbocycles. The molecule has 0 bridgehead atoms. The number of aromatic hydroxyl groups is 1. The summed E-state index contributed by atoms with van der Waals surface area (Å²) in [5, 5.41) is 13.6. The fourth-order valence-corrected chi connectivity index (χ4v) is 3.85. The number of carbonyl (C=O) groups is 1. The minimum absolute atomic E-state index is 0.126. The molecule has 1 amide bonds. The first-order chi connectivity index (χ1) is 10.0. The molecule has 2 N–H and O–H groups in total. The van der Waals surface area contributed by atoms with E-state index in [4.69, 9.17) is 0 Å². The van der Waals surface area contributed by atoms with Crippen LogP contribution in [0.4, 0.5) is 0 Å². The van der Waals surface area contributed by atoms with Gasteiger partial charge in [0.2, 0.25) is 0 Å². The third-order valence-electron chi connectivity index (χ3n) is 5.57. The molecule has 114 valence electrons. The quantitative estimate of drug-likeness (QED) is 0.873. The summed E-state index contributed by atoms with van der Waals surface area (Å²) in [7, 11) is 0. The molecule has 0 aromatic heterocycles. The molecule has 3 heteroatoms. The van der Waals surface area contributed by atoms with Crippen molar-refractivity contribution in [3.8, 4) is 5.75 Å². The van der Waals surface area contributed by atoms with Gasteiger partial charge in [-0.1, -0.05) is 25.8 Å². The van der Waals surface area contributed by atoms with Crippen LogP contribution in [0.3, 0.4) is 0 Å². The van der Waals surface area contributed by atoms with Crippen molar-refractivity contribution in [2.24, 2.45) is 5.92 Å². The molecule has 1 aromatic carbocycles. The van der Waals surface area contributed by atoms with Gasteiger partial charge in [-0.15, -0.1) is 0 Å². The second-order valence-corrected chi connectivity index (χ2v) is 6.97. The normalized spacial score (nSPS) is 28.2. The monoisotopic (exact) mass is 287 g/mol. The number of amides is 1. The minimum atomic E-state index is -0.152. The van der Waals surface area contributed by atoms with Crippen LogP contribution in [0.2, 0.25) is 0 Å². The molecule has 21 heavy (non-hydrogen) atoms. The number of aryl methyl sites for hydroxylation is 1. The van der Waals surface area contributed by atoms with E-state index >= 15 is 0 Å². The van der Waals surface area contributed by atoms with Crippen LogP contribution in [0.5, 0.6) is 5.75 Å². The van der Waals surface area contributed by atoms with Gasteiger partial charge >= 0.3 is 0 Å². The third-order valence-corrected chi connectivity index (χ3v) is 5.57. The van der Waals surface area contributed by atoms with Gasteiger partial charge < -0.3 is 10.4 Å². The summed E-state index contributed by atoms with van der Waals surface area (Å²) in [5.41, 5.74) is 2.46. The summed E-state index contributed by atoms with van der Waals surface area (Å²) in [5.74, 6) is 0.555. The summed E-state index contributed by atoms with van der Waals surface area (Å²) >= 11 is 0. The van der Waals surface area contributed by atoms with Gasteiger partial charge in [0, 0.05) is 5.54 Å². The van der Waals surface area contributed by atoms with E-state index < -0.39 is 0 Å². The summed E-state index contributed by atoms with van der Waals surface area (Å²) < 4.78 is 0. The Kier molecular flexibility index (Phi) is 3.68. The first-order valence-corrected chi connectivity index (χ1v) is 8.17. The van der Waals surface area contributed by atoms with Crippen molar-refractivity contribution in [3.63, 3.8) is 0 Å². The molecule has 0 radical (unpaired) electrons. The maximum atomic E-state index is 12.6. The highest BCUT2D eigenvalue weighted by Crippen LogP contribution is 2.36. The van der Waals surface area contributed by atoms with Crippen LogP contribution in [0.15, 0.2) is 12.1 Å². The van der Waals surface area contributed by atoms with Gasteiger partial charge in [-0.3, -0.25) is 4.79 Å². The van der Waals surface area contributed by atoms with E-state index in [-0.39, 0.29) is 17.2 Å². The predicted molar refractivity (Wildman–Crippen MR) is 83.6 cm³/mol. The summed E-state index contributed by atoms with van der Waals surface area (Å²) in [4.78, 5) is 12.6. The summed E-state index contributed by atoms with van der Waals surface area (Å²) in [6, 6.07) is 3.79. The van der Waals surface area contributed by atoms with Gasteiger partial charge in [-0.25, -0.2) is 0 Å². The molecule has 2 unspecified atom stereocenters. The Labute approximate surface area is 126 Å². The zero-order valence-electron chi connectivity index (χ0n) is 13.0. The molecule has 0 aliphatic heterocycles. The molecular weight excluding hydrogens is 262 g/mol. The molecule has 3 rings (SSSR count). The molecule has 1 aromatic rings. The van der Waals surface area contributed by atoms with Crippen molar-refractivity contribution < 1.29 is 9.90 Å². The molecule has 1 saturated carbocycles. The average molecular weight is 287 g/mol. The second kappa shape index (κ2) is 5.36. The molecule has 0 heterocycles. The Hall–Kier alpha value is -1.51. The lowest BCUT2D eigenvalue weighted by atomic mass is 9.75. The largest absolute Gasteiger partial charge is 0.507 e. The highest BCUT2D eigenvalue weighted by Gasteiger charge is 2.35. The molecule has 2 atom stereocenters. The lowest BCUT2D eigenvalue weighted by Gasteiger charge is -2.40. The van der Waals surface area contributed by atoms with E-state index in [9.17, 15) is 9.90 Å². The topological polar surface area (TPSA) is 49.3 Å². The Morgan fingerprint density at radius 2 is 2.10 bits per heavy atom. The lowest BCUT2D eigenvalue weighted by molar-refractivity contribution is 0.0826. The van der Waals surface area contributed by atoms with E-state index in [2.05, 4.69) is 19.2 Å². The Morgan fingerprint density at radius 1 is 1.29 bits per heavy atom. The first kappa shape index (κ1) is 14.4. The number of hydrogen-bond donors (Lipinski definition) is 2. The van der Waals surface area contributed by atoms with Crippen LogP contribution in [0.1, 0.15) is 67.4 Å². The highest BCUT2D eigenvalue weighted by atomic mass is 16.3. The molecular formula is C18H25NO2. The average Bonchev–Trinajstić information content (AvgIpc) is 2.92. The summed E-state index contributed by atoms with van der Waals surface area (Å²) in [6.07, 6.45) is 7.56. The van der Waals surface area contributed by atoms with Crippen LogP contribution < -0.4 is 5.32 Å². The van der Waals surface area contributed by atoms with E-state index in [1.54, 1.807) is 6.07 Å². The first-order valence-electron chi connectivity index (χ1n) is 8.17. The number of benzene rings is 1. The van der Waals surface area contributed by atoms with Crippen molar-refractivity contribution in [3.05, 3.63) is 28.8 Å². The zero-order chi connectivity index (χ0) is 15.0. The van der Waals surface area contributed by atoms with Gasteiger partial charge in [-0.05, 0) is 62.1 Å². The van der Waals surface area contributed by atoms with Crippen molar-refractivity contribution in [2.45, 2.75) is 64.3 Å². The van der Waals surface area contributed by atoms with Gasteiger partial charge in [-0.2, -0.15) is 0 Å². The third kappa shape index (κ3) is 2.54. The van der Waals surface area contributed by atoms with E-state index in [1.165, 1.54) is 12.0 Å². The van der Waals surface area contributed by atoms with E-state index in [1.807, 2.05) is 6.07 Å². The van der Waals surface area contributed by atoms with Crippen LogP contribution in [0.25, 0.3) is 0 Å². The minimum Gasteiger partial charge on any atom is -0.507 e. The molecule has 2 aliphatic rings. The standard InChI is InChI=1S/C18H25NO2/c1-12-6-3-4-11-18(12,2)19-17(21)15-10-9-13-7-5-8-14(13)16(15)20/h9-10,12,20H,3-8,11H2,1-2H3,(H,19,21). The van der Waals surface area contributed by atoms with Crippen molar-refractivity contribution in [1.29, 1.82) is 0 Å². The summed E-state index contributed by atoms with van der Waals surface area (Å²) in [6.45, 7) is 4.35. The number of phenolic OH excluding ortho intramolecular Hbond substituents is 1. The van der Waals surface area contributed by atoms with Crippen LogP contribution in [0, 0.1) is 5.92 Å². The number of phenols is 1. The number of fused-ring (bicyclic) bond motifs is 1. The van der Waals surface area contributed by atoms with E-state index in [0.717, 1.165) is 44.1 Å². The highest BCUT2D eigenvalue weighted by molar-refractivity contribution is 5.98. The van der Waals surface area contributed by atoms with Gasteiger partial charge in [0.05, 0.1) is 5.56 Å². The van der Waals surface area contributed by atoms with Gasteiger partial charge in [0.1, 0.15) is 5.75 Å². The van der Waals surface area contributed by atoms with Crippen molar-refractivity contribution >= 4 is 5.91 Å². The zero-order valence-corrected chi connectivity index (χ0v) is 13.0. The fraction of sp³-hybridized carbons (Fsp3) is 0.611. The second-order valence-electron chi connectivity index (χ2n) is 6.97. The predicted octanol–water partition coefficient (Wildman–Crippen LogP) is 3.58. The Morgan fingerprint density at radius 3 is 2.86 bits per heavy atom. The molecule has 1 fully saturated rings. The van der Waals surface area contributed by atoms with Gasteiger partial charge in [0.25, 0.3) is 5.91 Å². The Bertz CT molecular complexity index is 567. The SMILES string of the molecule is CC1CCCCC1(C)NC(=O)c1ccc2c(c1O)CCC2. The number of carbonyl (C=O) groups excluding carboxylic acids is 1. The van der Waals surface area contributed by atoms with E-state index in [0.29, 0.717) is 11.5 Å². The maximum absolute atomic E-state index is 12.6.